The van der Waals surface area contributed by atoms with Gasteiger partial charge in [-0.3, -0.25) is 9.69 Å². The smallest absolute Gasteiger partial charge is 0.310 e. The van der Waals surface area contributed by atoms with Gasteiger partial charge in [-0.25, -0.2) is 0 Å². The van der Waals surface area contributed by atoms with Crippen molar-refractivity contribution < 1.29 is 19.1 Å². The molecule has 0 radical (unpaired) electrons. The van der Waals surface area contributed by atoms with Crippen LogP contribution in [0, 0.1) is 5.92 Å². The third kappa shape index (κ3) is 3.78. The Morgan fingerprint density at radius 1 is 1.31 bits per heavy atom. The quantitative estimate of drug-likeness (QED) is 0.440. The van der Waals surface area contributed by atoms with E-state index in [-0.39, 0.29) is 23.8 Å². The highest BCUT2D eigenvalue weighted by molar-refractivity contribution is 7.17. The van der Waals surface area contributed by atoms with Gasteiger partial charge in [0.1, 0.15) is 0 Å². The average molecular weight is 453 g/mol. The molecule has 1 saturated heterocycles. The molecule has 1 fully saturated rings. The van der Waals surface area contributed by atoms with Crippen LogP contribution in [0.4, 0.5) is 0 Å². The van der Waals surface area contributed by atoms with Crippen LogP contribution in [0.5, 0.6) is 5.88 Å². The summed E-state index contributed by atoms with van der Waals surface area (Å²) in [4.78, 5) is 20.6. The van der Waals surface area contributed by atoms with E-state index in [0.29, 0.717) is 29.7 Å². The minimum Gasteiger partial charge on any atom is -0.492 e. The second-order valence-electron chi connectivity index (χ2n) is 7.80. The van der Waals surface area contributed by atoms with Gasteiger partial charge < -0.3 is 14.3 Å². The molecule has 1 aliphatic rings. The lowest BCUT2D eigenvalue weighted by atomic mass is 9.94. The van der Waals surface area contributed by atoms with E-state index in [2.05, 4.69) is 15.0 Å². The molecule has 0 aliphatic carbocycles. The first-order valence-corrected chi connectivity index (χ1v) is 11.5. The Balaban J connectivity index is 1.53. The Morgan fingerprint density at radius 3 is 2.88 bits per heavy atom. The Labute approximate surface area is 189 Å². The fraction of sp³-hybridized carbons (Fsp3) is 0.348. The SMILES string of the molecule is CCOC(=O)[C@@H]1CCCN([C@H](c2ccccc2)c2sc3nc(-c4ccco4)nn3c2O)C1. The van der Waals surface area contributed by atoms with Gasteiger partial charge in [0.2, 0.25) is 16.7 Å². The molecule has 4 heterocycles. The van der Waals surface area contributed by atoms with E-state index < -0.39 is 0 Å². The zero-order chi connectivity index (χ0) is 22.1. The molecular formula is C23H24N4O4S. The number of nitrogens with zero attached hydrogens (tertiary/aromatic N) is 4. The summed E-state index contributed by atoms with van der Waals surface area (Å²) in [6.07, 6.45) is 3.26. The van der Waals surface area contributed by atoms with Crippen molar-refractivity contribution in [2.24, 2.45) is 5.92 Å². The molecule has 166 valence electrons. The molecule has 3 aromatic heterocycles. The summed E-state index contributed by atoms with van der Waals surface area (Å²) in [5.74, 6) is 0.709. The van der Waals surface area contributed by atoms with Crippen molar-refractivity contribution >= 4 is 22.3 Å². The predicted octanol–water partition coefficient (Wildman–Crippen LogP) is 4.12. The molecule has 32 heavy (non-hydrogen) atoms. The third-order valence-electron chi connectivity index (χ3n) is 5.74. The van der Waals surface area contributed by atoms with E-state index in [9.17, 15) is 9.90 Å². The van der Waals surface area contributed by atoms with Crippen molar-refractivity contribution in [3.8, 4) is 17.5 Å². The molecule has 0 saturated carbocycles. The van der Waals surface area contributed by atoms with Gasteiger partial charge in [0.05, 0.1) is 29.7 Å². The maximum absolute atomic E-state index is 12.4. The Hall–Kier alpha value is -3.17. The van der Waals surface area contributed by atoms with Gasteiger partial charge in [0.25, 0.3) is 0 Å². The highest BCUT2D eigenvalue weighted by Gasteiger charge is 2.35. The normalized spacial score (nSPS) is 18.1. The van der Waals surface area contributed by atoms with Crippen LogP contribution >= 0.6 is 11.3 Å². The molecule has 0 amide bonds. The third-order valence-corrected chi connectivity index (χ3v) is 6.82. The lowest BCUT2D eigenvalue weighted by Crippen LogP contribution is -2.41. The number of likely N-dealkylation sites (tertiary alicyclic amines) is 1. The molecule has 2 atom stereocenters. The van der Waals surface area contributed by atoms with E-state index in [1.165, 1.54) is 15.9 Å². The number of hydrogen-bond donors (Lipinski definition) is 1. The molecule has 9 heteroatoms. The maximum atomic E-state index is 12.4. The van der Waals surface area contributed by atoms with Crippen molar-refractivity contribution in [3.05, 3.63) is 59.2 Å². The van der Waals surface area contributed by atoms with Gasteiger partial charge in [-0.15, -0.1) is 5.10 Å². The molecule has 0 unspecified atom stereocenters. The van der Waals surface area contributed by atoms with Gasteiger partial charge in [-0.05, 0) is 44.0 Å². The first-order chi connectivity index (χ1) is 15.7. The lowest BCUT2D eigenvalue weighted by Gasteiger charge is -2.37. The monoisotopic (exact) mass is 452 g/mol. The summed E-state index contributed by atoms with van der Waals surface area (Å²) in [5, 5.41) is 15.6. The van der Waals surface area contributed by atoms with Gasteiger partial charge >= 0.3 is 5.97 Å². The standard InChI is InChI=1S/C23H24N4O4S/c1-2-30-22(29)16-10-6-12-26(14-16)18(15-8-4-3-5-9-15)19-21(28)27-23(32-19)24-20(25-27)17-11-7-13-31-17/h3-5,7-9,11,13,16,18,28H,2,6,10,12,14H2,1H3/t16-,18-/m1/s1. The lowest BCUT2D eigenvalue weighted by molar-refractivity contribution is -0.150. The number of fused-ring (bicyclic) bond motifs is 1. The number of carbonyl (C=O) groups excluding carboxylic acids is 1. The number of rotatable bonds is 6. The van der Waals surface area contributed by atoms with Crippen molar-refractivity contribution in [3.63, 3.8) is 0 Å². The molecule has 1 aliphatic heterocycles. The first-order valence-electron chi connectivity index (χ1n) is 10.7. The van der Waals surface area contributed by atoms with Gasteiger partial charge in [0, 0.05) is 6.54 Å². The Bertz CT molecular complexity index is 1200. The second kappa shape index (κ2) is 8.76. The van der Waals surface area contributed by atoms with Gasteiger partial charge in [-0.2, -0.15) is 9.50 Å². The van der Waals surface area contributed by atoms with Crippen LogP contribution in [0.15, 0.2) is 53.1 Å². The van der Waals surface area contributed by atoms with Crippen LogP contribution < -0.4 is 0 Å². The number of hydrogen-bond acceptors (Lipinski definition) is 8. The maximum Gasteiger partial charge on any atom is 0.310 e. The molecular weight excluding hydrogens is 428 g/mol. The molecule has 4 aromatic rings. The number of benzene rings is 1. The van der Waals surface area contributed by atoms with Gasteiger partial charge in [-0.1, -0.05) is 41.7 Å². The number of esters is 1. The molecule has 1 N–H and O–H groups in total. The van der Waals surface area contributed by atoms with E-state index >= 15 is 0 Å². The van der Waals surface area contributed by atoms with E-state index in [4.69, 9.17) is 9.15 Å². The molecule has 0 spiro atoms. The fourth-order valence-electron chi connectivity index (χ4n) is 4.30. The van der Waals surface area contributed by atoms with Crippen LogP contribution in [-0.2, 0) is 9.53 Å². The van der Waals surface area contributed by atoms with Crippen LogP contribution in [0.1, 0.15) is 36.2 Å². The number of piperidine rings is 1. The van der Waals surface area contributed by atoms with Crippen LogP contribution in [0.2, 0.25) is 0 Å². The second-order valence-corrected chi connectivity index (χ2v) is 8.81. The summed E-state index contributed by atoms with van der Waals surface area (Å²) < 4.78 is 12.1. The zero-order valence-corrected chi connectivity index (χ0v) is 18.5. The summed E-state index contributed by atoms with van der Waals surface area (Å²) in [7, 11) is 0. The number of carbonyl (C=O) groups is 1. The zero-order valence-electron chi connectivity index (χ0n) is 17.7. The molecule has 0 bridgehead atoms. The fourth-order valence-corrected chi connectivity index (χ4v) is 5.41. The number of aromatic hydroxyl groups is 1. The summed E-state index contributed by atoms with van der Waals surface area (Å²) in [6, 6.07) is 13.4. The van der Waals surface area contributed by atoms with E-state index in [0.717, 1.165) is 29.8 Å². The minimum atomic E-state index is -0.214. The van der Waals surface area contributed by atoms with Gasteiger partial charge in [0.15, 0.2) is 5.76 Å². The topological polar surface area (TPSA) is 93.1 Å². The van der Waals surface area contributed by atoms with E-state index in [1.54, 1.807) is 18.4 Å². The van der Waals surface area contributed by atoms with Crippen LogP contribution in [-0.4, -0.2) is 50.3 Å². The van der Waals surface area contributed by atoms with Crippen molar-refractivity contribution in [1.82, 2.24) is 19.5 Å². The number of thiazole rings is 1. The largest absolute Gasteiger partial charge is 0.492 e. The highest BCUT2D eigenvalue weighted by Crippen LogP contribution is 2.41. The van der Waals surface area contributed by atoms with Crippen LogP contribution in [0.3, 0.4) is 0 Å². The minimum absolute atomic E-state index is 0.0578. The van der Waals surface area contributed by atoms with Crippen molar-refractivity contribution in [2.75, 3.05) is 19.7 Å². The molecule has 1 aromatic carbocycles. The summed E-state index contributed by atoms with van der Waals surface area (Å²) in [6.45, 7) is 3.60. The van der Waals surface area contributed by atoms with Crippen LogP contribution in [0.25, 0.3) is 16.5 Å². The first kappa shape index (κ1) is 20.7. The molecule has 8 nitrogen and oxygen atoms in total. The molecule has 5 rings (SSSR count). The number of ether oxygens (including phenoxy) is 1. The average Bonchev–Trinajstić information content (AvgIpc) is 3.54. The summed E-state index contributed by atoms with van der Waals surface area (Å²) >= 11 is 1.40. The summed E-state index contributed by atoms with van der Waals surface area (Å²) in [5.41, 5.74) is 1.04. The van der Waals surface area contributed by atoms with Crippen molar-refractivity contribution in [1.29, 1.82) is 0 Å². The van der Waals surface area contributed by atoms with Crippen molar-refractivity contribution in [2.45, 2.75) is 25.8 Å². The number of furan rings is 1. The Morgan fingerprint density at radius 2 is 2.16 bits per heavy atom. The number of aromatic nitrogens is 3. The van der Waals surface area contributed by atoms with E-state index in [1.807, 2.05) is 37.3 Å². The predicted molar refractivity (Wildman–Crippen MR) is 119 cm³/mol. The highest BCUT2D eigenvalue weighted by atomic mass is 32.1. The Kier molecular flexibility index (Phi) is 5.67.